The van der Waals surface area contributed by atoms with Crippen LogP contribution in [0.15, 0.2) is 12.3 Å². The minimum Gasteiger partial charge on any atom is -0.478 e. The SMILES string of the molecule is CC(C)(C)OC(=O)N[C@@]1(C)CCN(c2cc(Cl)ncc2C(=O)O)C1. The van der Waals surface area contributed by atoms with Crippen LogP contribution in [0.2, 0.25) is 5.15 Å². The van der Waals surface area contributed by atoms with Gasteiger partial charge in [0, 0.05) is 19.3 Å². The first-order chi connectivity index (χ1) is 11.0. The quantitative estimate of drug-likeness (QED) is 0.810. The molecule has 7 nitrogen and oxygen atoms in total. The Morgan fingerprint density at radius 1 is 1.46 bits per heavy atom. The number of nitrogens with one attached hydrogen (secondary N) is 1. The van der Waals surface area contributed by atoms with Gasteiger partial charge in [-0.05, 0) is 40.2 Å². The fraction of sp³-hybridized carbons (Fsp3) is 0.562. The lowest BCUT2D eigenvalue weighted by Crippen LogP contribution is -2.49. The number of carbonyl (C=O) groups excluding carboxylic acids is 1. The van der Waals surface area contributed by atoms with Crippen LogP contribution in [0.25, 0.3) is 0 Å². The highest BCUT2D eigenvalue weighted by Gasteiger charge is 2.37. The molecule has 132 valence electrons. The van der Waals surface area contributed by atoms with Crippen molar-refractivity contribution in [3.8, 4) is 0 Å². The van der Waals surface area contributed by atoms with Gasteiger partial charge < -0.3 is 20.1 Å². The van der Waals surface area contributed by atoms with Gasteiger partial charge in [-0.3, -0.25) is 0 Å². The molecule has 1 aliphatic rings. The zero-order valence-corrected chi connectivity index (χ0v) is 15.0. The van der Waals surface area contributed by atoms with Crippen LogP contribution in [-0.2, 0) is 4.74 Å². The van der Waals surface area contributed by atoms with Gasteiger partial charge in [-0.15, -0.1) is 0 Å². The Labute approximate surface area is 146 Å². The average molecular weight is 356 g/mol. The van der Waals surface area contributed by atoms with Crippen LogP contribution >= 0.6 is 11.6 Å². The number of hydrogen-bond acceptors (Lipinski definition) is 5. The second kappa shape index (κ2) is 6.47. The maximum Gasteiger partial charge on any atom is 0.408 e. The molecule has 1 aromatic heterocycles. The van der Waals surface area contributed by atoms with E-state index in [2.05, 4.69) is 10.3 Å². The van der Waals surface area contributed by atoms with Gasteiger partial charge >= 0.3 is 12.1 Å². The van der Waals surface area contributed by atoms with E-state index >= 15 is 0 Å². The fourth-order valence-corrected chi connectivity index (χ4v) is 2.82. The van der Waals surface area contributed by atoms with Crippen LogP contribution in [0, 0.1) is 0 Å². The first-order valence-corrected chi connectivity index (χ1v) is 8.02. The van der Waals surface area contributed by atoms with Crippen molar-refractivity contribution in [2.45, 2.75) is 45.3 Å². The van der Waals surface area contributed by atoms with E-state index in [4.69, 9.17) is 16.3 Å². The Hall–Kier alpha value is -2.02. The molecule has 0 saturated carbocycles. The van der Waals surface area contributed by atoms with Gasteiger partial charge in [0.1, 0.15) is 16.3 Å². The summed E-state index contributed by atoms with van der Waals surface area (Å²) in [5.41, 5.74) is -0.514. The van der Waals surface area contributed by atoms with E-state index < -0.39 is 23.2 Å². The molecule has 1 aliphatic heterocycles. The zero-order valence-electron chi connectivity index (χ0n) is 14.2. The molecule has 2 N–H and O–H groups in total. The van der Waals surface area contributed by atoms with Crippen molar-refractivity contribution in [3.05, 3.63) is 23.0 Å². The van der Waals surface area contributed by atoms with Gasteiger partial charge in [0.15, 0.2) is 0 Å². The number of hydrogen-bond donors (Lipinski definition) is 2. The highest BCUT2D eigenvalue weighted by molar-refractivity contribution is 6.29. The maximum atomic E-state index is 12.0. The normalized spacial score (nSPS) is 20.8. The van der Waals surface area contributed by atoms with Crippen LogP contribution in [0.5, 0.6) is 0 Å². The topological polar surface area (TPSA) is 91.8 Å². The van der Waals surface area contributed by atoms with Crippen molar-refractivity contribution < 1.29 is 19.4 Å². The summed E-state index contributed by atoms with van der Waals surface area (Å²) in [7, 11) is 0. The average Bonchev–Trinajstić information content (AvgIpc) is 2.77. The van der Waals surface area contributed by atoms with Crippen molar-refractivity contribution in [2.75, 3.05) is 18.0 Å². The van der Waals surface area contributed by atoms with Gasteiger partial charge in [-0.25, -0.2) is 14.6 Å². The molecule has 24 heavy (non-hydrogen) atoms. The third-order valence-electron chi connectivity index (χ3n) is 3.70. The van der Waals surface area contributed by atoms with Crippen molar-refractivity contribution >= 4 is 29.4 Å². The highest BCUT2D eigenvalue weighted by atomic mass is 35.5. The number of aromatic nitrogens is 1. The summed E-state index contributed by atoms with van der Waals surface area (Å²) < 4.78 is 5.29. The molecule has 0 unspecified atom stereocenters. The molecule has 0 bridgehead atoms. The van der Waals surface area contributed by atoms with Gasteiger partial charge in [0.25, 0.3) is 0 Å². The van der Waals surface area contributed by atoms with Crippen LogP contribution in [-0.4, -0.2) is 46.4 Å². The first-order valence-electron chi connectivity index (χ1n) is 7.64. The maximum absolute atomic E-state index is 12.0. The molecule has 0 spiro atoms. The minimum absolute atomic E-state index is 0.0842. The lowest BCUT2D eigenvalue weighted by atomic mass is 10.0. The van der Waals surface area contributed by atoms with Crippen molar-refractivity contribution in [2.24, 2.45) is 0 Å². The Balaban J connectivity index is 2.14. The summed E-state index contributed by atoms with van der Waals surface area (Å²) in [6, 6.07) is 1.53. The number of anilines is 1. The molecule has 0 aliphatic carbocycles. The molecule has 1 atom stereocenters. The number of carboxylic acids is 1. The number of amides is 1. The Kier molecular flexibility index (Phi) is 4.94. The fourth-order valence-electron chi connectivity index (χ4n) is 2.67. The molecule has 0 radical (unpaired) electrons. The number of carboxylic acid groups (broad SMARTS) is 1. The summed E-state index contributed by atoms with van der Waals surface area (Å²) in [4.78, 5) is 29.1. The number of carbonyl (C=O) groups is 2. The second-order valence-corrected chi connectivity index (χ2v) is 7.58. The van der Waals surface area contributed by atoms with Crippen molar-refractivity contribution in [1.29, 1.82) is 0 Å². The Bertz CT molecular complexity index is 659. The van der Waals surface area contributed by atoms with Gasteiger partial charge in [-0.1, -0.05) is 11.6 Å². The Morgan fingerprint density at radius 3 is 2.71 bits per heavy atom. The standard InChI is InChI=1S/C16H22ClN3O4/c1-15(2,3)24-14(23)19-16(4)5-6-20(9-16)11-7-12(17)18-8-10(11)13(21)22/h7-8H,5-6,9H2,1-4H3,(H,19,23)(H,21,22)/t16-/m0/s1. The van der Waals surface area contributed by atoms with E-state index in [1.54, 1.807) is 20.8 Å². The summed E-state index contributed by atoms with van der Waals surface area (Å²) in [6.07, 6.45) is 1.42. The van der Waals surface area contributed by atoms with Gasteiger partial charge in [0.2, 0.25) is 0 Å². The van der Waals surface area contributed by atoms with E-state index in [1.807, 2.05) is 11.8 Å². The summed E-state index contributed by atoms with van der Waals surface area (Å²) in [5, 5.41) is 12.4. The smallest absolute Gasteiger partial charge is 0.408 e. The third kappa shape index (κ3) is 4.50. The first kappa shape index (κ1) is 18.3. The number of halogens is 1. The van der Waals surface area contributed by atoms with Gasteiger partial charge in [-0.2, -0.15) is 0 Å². The second-order valence-electron chi connectivity index (χ2n) is 7.19. The summed E-state index contributed by atoms with van der Waals surface area (Å²) >= 11 is 5.91. The van der Waals surface area contributed by atoms with E-state index in [0.29, 0.717) is 25.2 Å². The van der Waals surface area contributed by atoms with Crippen LogP contribution in [0.4, 0.5) is 10.5 Å². The number of ether oxygens (including phenoxy) is 1. The van der Waals surface area contributed by atoms with Crippen LogP contribution in [0.1, 0.15) is 44.5 Å². The zero-order chi connectivity index (χ0) is 18.1. The van der Waals surface area contributed by atoms with Gasteiger partial charge in [0.05, 0.1) is 11.2 Å². The third-order valence-corrected chi connectivity index (χ3v) is 3.90. The van der Waals surface area contributed by atoms with Crippen molar-refractivity contribution in [1.82, 2.24) is 10.3 Å². The molecule has 8 heteroatoms. The predicted molar refractivity (Wildman–Crippen MR) is 90.8 cm³/mol. The lowest BCUT2D eigenvalue weighted by Gasteiger charge is -2.29. The Morgan fingerprint density at radius 2 is 2.12 bits per heavy atom. The molecule has 1 saturated heterocycles. The van der Waals surface area contributed by atoms with E-state index in [0.717, 1.165) is 0 Å². The monoisotopic (exact) mass is 355 g/mol. The number of aromatic carboxylic acids is 1. The van der Waals surface area contributed by atoms with Crippen LogP contribution in [0.3, 0.4) is 0 Å². The highest BCUT2D eigenvalue weighted by Crippen LogP contribution is 2.30. The number of alkyl carbamates (subject to hydrolysis) is 1. The molecular formula is C16H22ClN3O4. The molecule has 1 fully saturated rings. The molecule has 2 rings (SSSR count). The number of rotatable bonds is 3. The number of pyridine rings is 1. The molecule has 0 aromatic carbocycles. The predicted octanol–water partition coefficient (Wildman–Crippen LogP) is 2.93. The van der Waals surface area contributed by atoms with E-state index in [-0.39, 0.29) is 10.7 Å². The molecule has 1 aromatic rings. The van der Waals surface area contributed by atoms with E-state index in [9.17, 15) is 14.7 Å². The van der Waals surface area contributed by atoms with Crippen LogP contribution < -0.4 is 10.2 Å². The molecular weight excluding hydrogens is 334 g/mol. The van der Waals surface area contributed by atoms with E-state index in [1.165, 1.54) is 12.3 Å². The van der Waals surface area contributed by atoms with Crippen molar-refractivity contribution in [3.63, 3.8) is 0 Å². The largest absolute Gasteiger partial charge is 0.478 e. The molecule has 1 amide bonds. The molecule has 2 heterocycles. The lowest BCUT2D eigenvalue weighted by molar-refractivity contribution is 0.0472. The summed E-state index contributed by atoms with van der Waals surface area (Å²) in [6.45, 7) is 8.34. The summed E-state index contributed by atoms with van der Waals surface area (Å²) in [5.74, 6) is -1.07. The number of nitrogens with zero attached hydrogens (tertiary/aromatic N) is 2. The minimum atomic E-state index is -1.07.